The van der Waals surface area contributed by atoms with Gasteiger partial charge in [-0.05, 0) is 37.0 Å². The largest absolute Gasteiger partial charge is 0.457 e. The van der Waals surface area contributed by atoms with Gasteiger partial charge in [-0.2, -0.15) is 0 Å². The van der Waals surface area contributed by atoms with Gasteiger partial charge < -0.3 is 10.1 Å². The van der Waals surface area contributed by atoms with E-state index in [1.807, 2.05) is 25.1 Å². The number of rotatable bonds is 5. The van der Waals surface area contributed by atoms with Crippen LogP contribution < -0.4 is 10.1 Å². The highest BCUT2D eigenvalue weighted by atomic mass is 19.1. The first kappa shape index (κ1) is 14.0. The molecule has 0 amide bonds. The predicted octanol–water partition coefficient (Wildman–Crippen LogP) is 4.32. The van der Waals surface area contributed by atoms with Crippen LogP contribution in [0.5, 0.6) is 11.5 Å². The molecule has 0 atom stereocenters. The van der Waals surface area contributed by atoms with Crippen molar-refractivity contribution in [2.24, 2.45) is 0 Å². The molecule has 2 aromatic rings. The van der Waals surface area contributed by atoms with Crippen molar-refractivity contribution in [3.05, 3.63) is 59.2 Å². The first-order valence-corrected chi connectivity index (χ1v) is 7.07. The molecule has 0 saturated heterocycles. The Morgan fingerprint density at radius 2 is 1.81 bits per heavy atom. The lowest BCUT2D eigenvalue weighted by molar-refractivity contribution is 0.465. The van der Waals surface area contributed by atoms with Gasteiger partial charge in [0.25, 0.3) is 0 Å². The lowest BCUT2D eigenvalue weighted by atomic mass is 10.1. The van der Waals surface area contributed by atoms with Gasteiger partial charge in [-0.15, -0.1) is 0 Å². The van der Waals surface area contributed by atoms with Crippen molar-refractivity contribution in [2.75, 3.05) is 0 Å². The van der Waals surface area contributed by atoms with E-state index in [0.717, 1.165) is 18.2 Å². The second-order valence-electron chi connectivity index (χ2n) is 5.46. The first-order valence-electron chi connectivity index (χ1n) is 7.07. The van der Waals surface area contributed by atoms with E-state index >= 15 is 0 Å². The monoisotopic (exact) mass is 289 g/mol. The maximum Gasteiger partial charge on any atom is 0.133 e. The Kier molecular flexibility index (Phi) is 3.88. The lowest BCUT2D eigenvalue weighted by Gasteiger charge is -2.11. The van der Waals surface area contributed by atoms with Crippen LogP contribution in [0.4, 0.5) is 8.78 Å². The van der Waals surface area contributed by atoms with E-state index < -0.39 is 11.6 Å². The molecular formula is C17H17F2NO. The predicted molar refractivity (Wildman–Crippen MR) is 77.5 cm³/mol. The van der Waals surface area contributed by atoms with E-state index in [1.54, 1.807) is 0 Å². The van der Waals surface area contributed by atoms with Crippen LogP contribution in [0, 0.1) is 18.6 Å². The van der Waals surface area contributed by atoms with Gasteiger partial charge >= 0.3 is 0 Å². The summed E-state index contributed by atoms with van der Waals surface area (Å²) in [5.41, 5.74) is 2.12. The smallest absolute Gasteiger partial charge is 0.133 e. The topological polar surface area (TPSA) is 21.3 Å². The van der Waals surface area contributed by atoms with E-state index in [9.17, 15) is 8.78 Å². The van der Waals surface area contributed by atoms with Gasteiger partial charge in [-0.25, -0.2) is 8.78 Å². The van der Waals surface area contributed by atoms with Gasteiger partial charge in [0.15, 0.2) is 0 Å². The summed E-state index contributed by atoms with van der Waals surface area (Å²) in [6.07, 6.45) is 2.51. The zero-order chi connectivity index (χ0) is 14.8. The summed E-state index contributed by atoms with van der Waals surface area (Å²) >= 11 is 0. The Morgan fingerprint density at radius 1 is 1.10 bits per heavy atom. The third kappa shape index (κ3) is 3.79. The molecule has 1 aliphatic rings. The quantitative estimate of drug-likeness (QED) is 0.885. The maximum absolute atomic E-state index is 13.1. The molecule has 0 aromatic heterocycles. The number of nitrogens with one attached hydrogen (secondary N) is 1. The molecule has 0 heterocycles. The molecular weight excluding hydrogens is 272 g/mol. The van der Waals surface area contributed by atoms with Crippen molar-refractivity contribution in [1.82, 2.24) is 5.32 Å². The SMILES string of the molecule is Cc1cc(CNC2CC2)ccc1Oc1cc(F)cc(F)c1. The van der Waals surface area contributed by atoms with Crippen molar-refractivity contribution < 1.29 is 13.5 Å². The zero-order valence-corrected chi connectivity index (χ0v) is 11.8. The molecule has 21 heavy (non-hydrogen) atoms. The van der Waals surface area contributed by atoms with E-state index in [0.29, 0.717) is 11.8 Å². The van der Waals surface area contributed by atoms with Crippen molar-refractivity contribution in [2.45, 2.75) is 32.4 Å². The Labute approximate surface area is 122 Å². The van der Waals surface area contributed by atoms with E-state index in [-0.39, 0.29) is 5.75 Å². The Balaban J connectivity index is 1.72. The van der Waals surface area contributed by atoms with Crippen LogP contribution in [-0.4, -0.2) is 6.04 Å². The first-order chi connectivity index (χ1) is 10.1. The second-order valence-corrected chi connectivity index (χ2v) is 5.46. The minimum atomic E-state index is -0.645. The van der Waals surface area contributed by atoms with Crippen molar-refractivity contribution >= 4 is 0 Å². The molecule has 1 N–H and O–H groups in total. The van der Waals surface area contributed by atoms with Crippen LogP contribution >= 0.6 is 0 Å². The fraction of sp³-hybridized carbons (Fsp3) is 0.294. The molecule has 4 heteroatoms. The van der Waals surface area contributed by atoms with Crippen LogP contribution in [0.3, 0.4) is 0 Å². The minimum absolute atomic E-state index is 0.166. The summed E-state index contributed by atoms with van der Waals surface area (Å²) in [5.74, 6) is -0.518. The Bertz CT molecular complexity index is 633. The zero-order valence-electron chi connectivity index (χ0n) is 11.8. The lowest BCUT2D eigenvalue weighted by Crippen LogP contribution is -2.15. The summed E-state index contributed by atoms with van der Waals surface area (Å²) in [7, 11) is 0. The summed E-state index contributed by atoms with van der Waals surface area (Å²) < 4.78 is 31.9. The molecule has 0 radical (unpaired) electrons. The molecule has 0 aliphatic heterocycles. The standard InChI is InChI=1S/C17H17F2NO/c1-11-6-12(10-20-15-3-4-15)2-5-17(11)21-16-8-13(18)7-14(19)9-16/h2,5-9,15,20H,3-4,10H2,1H3. The fourth-order valence-corrected chi connectivity index (χ4v) is 2.20. The molecule has 1 fully saturated rings. The van der Waals surface area contributed by atoms with Crippen molar-refractivity contribution in [1.29, 1.82) is 0 Å². The molecule has 2 nitrogen and oxygen atoms in total. The highest BCUT2D eigenvalue weighted by Gasteiger charge is 2.19. The van der Waals surface area contributed by atoms with Crippen LogP contribution in [-0.2, 0) is 6.54 Å². The van der Waals surface area contributed by atoms with Crippen molar-refractivity contribution in [3.8, 4) is 11.5 Å². The third-order valence-corrected chi connectivity index (χ3v) is 3.48. The summed E-state index contributed by atoms with van der Waals surface area (Å²) in [5, 5.41) is 3.44. The van der Waals surface area contributed by atoms with E-state index in [2.05, 4.69) is 5.32 Å². The Morgan fingerprint density at radius 3 is 2.43 bits per heavy atom. The van der Waals surface area contributed by atoms with Crippen LogP contribution in [0.2, 0.25) is 0 Å². The molecule has 1 saturated carbocycles. The summed E-state index contributed by atoms with van der Waals surface area (Å²) in [6, 6.07) is 9.66. The van der Waals surface area contributed by atoms with Gasteiger partial charge in [-0.3, -0.25) is 0 Å². The third-order valence-electron chi connectivity index (χ3n) is 3.48. The second kappa shape index (κ2) is 5.82. The molecule has 110 valence electrons. The highest BCUT2D eigenvalue weighted by molar-refractivity contribution is 5.40. The number of benzene rings is 2. The van der Waals surface area contributed by atoms with Gasteiger partial charge in [0.1, 0.15) is 23.1 Å². The van der Waals surface area contributed by atoms with Gasteiger partial charge in [-0.1, -0.05) is 12.1 Å². The normalized spacial score (nSPS) is 14.2. The molecule has 0 bridgehead atoms. The summed E-state index contributed by atoms with van der Waals surface area (Å²) in [4.78, 5) is 0. The van der Waals surface area contributed by atoms with Gasteiger partial charge in [0.05, 0.1) is 0 Å². The van der Waals surface area contributed by atoms with Crippen LogP contribution in [0.15, 0.2) is 36.4 Å². The number of hydrogen-bond acceptors (Lipinski definition) is 2. The minimum Gasteiger partial charge on any atom is -0.457 e. The average Bonchev–Trinajstić information content (AvgIpc) is 3.22. The molecule has 3 rings (SSSR count). The molecule has 0 spiro atoms. The summed E-state index contributed by atoms with van der Waals surface area (Å²) in [6.45, 7) is 2.76. The Hall–Kier alpha value is -1.94. The van der Waals surface area contributed by atoms with Gasteiger partial charge in [0.2, 0.25) is 0 Å². The molecule has 0 unspecified atom stereocenters. The fourth-order valence-electron chi connectivity index (χ4n) is 2.20. The highest BCUT2D eigenvalue weighted by Crippen LogP contribution is 2.27. The van der Waals surface area contributed by atoms with E-state index in [1.165, 1.54) is 30.5 Å². The van der Waals surface area contributed by atoms with Crippen LogP contribution in [0.1, 0.15) is 24.0 Å². The number of hydrogen-bond donors (Lipinski definition) is 1. The van der Waals surface area contributed by atoms with Crippen LogP contribution in [0.25, 0.3) is 0 Å². The number of ether oxygens (including phenoxy) is 1. The molecule has 2 aromatic carbocycles. The maximum atomic E-state index is 13.1. The number of halogens is 2. The van der Waals surface area contributed by atoms with E-state index in [4.69, 9.17) is 4.74 Å². The van der Waals surface area contributed by atoms with Gasteiger partial charge in [0, 0.05) is 30.8 Å². The number of aryl methyl sites for hydroxylation is 1. The average molecular weight is 289 g/mol. The molecule has 1 aliphatic carbocycles. The van der Waals surface area contributed by atoms with Crippen molar-refractivity contribution in [3.63, 3.8) is 0 Å².